The lowest BCUT2D eigenvalue weighted by atomic mass is 10.2. The van der Waals surface area contributed by atoms with Gasteiger partial charge in [-0.25, -0.2) is 4.79 Å². The summed E-state index contributed by atoms with van der Waals surface area (Å²) in [5, 5.41) is 0. The zero-order valence-corrected chi connectivity index (χ0v) is 13.2. The van der Waals surface area contributed by atoms with Crippen molar-refractivity contribution in [1.82, 2.24) is 0 Å². The number of carbonyl (C=O) groups excluding carboxylic acids is 1. The lowest BCUT2D eigenvalue weighted by molar-refractivity contribution is 0.0582. The number of nitrogens with zero attached hydrogens (tertiary/aromatic N) is 1. The molecule has 1 aromatic rings. The molecule has 3 nitrogen and oxygen atoms in total. The molecule has 0 aliphatic carbocycles. The quantitative estimate of drug-likeness (QED) is 0.823. The van der Waals surface area contributed by atoms with Crippen molar-refractivity contribution in [2.45, 2.75) is 39.0 Å². The van der Waals surface area contributed by atoms with Crippen LogP contribution < -0.4 is 4.90 Å². The molecule has 0 aliphatic heterocycles. The third-order valence-corrected chi connectivity index (χ3v) is 3.11. The number of benzene rings is 1. The van der Waals surface area contributed by atoms with Crippen LogP contribution in [-0.4, -0.2) is 24.5 Å². The van der Waals surface area contributed by atoms with E-state index in [0.717, 1.165) is 17.0 Å². The molecule has 0 fully saturated rings. The van der Waals surface area contributed by atoms with Crippen LogP contribution in [0.3, 0.4) is 0 Å². The van der Waals surface area contributed by atoms with E-state index in [0.29, 0.717) is 6.54 Å². The number of ether oxygens (including phenoxy) is 1. The molecule has 0 unspecified atom stereocenters. The summed E-state index contributed by atoms with van der Waals surface area (Å²) >= 11 is 1.74. The molecule has 0 aromatic heterocycles. The van der Waals surface area contributed by atoms with Gasteiger partial charge in [-0.3, -0.25) is 4.90 Å². The van der Waals surface area contributed by atoms with Crippen LogP contribution in [0.4, 0.5) is 10.5 Å². The van der Waals surface area contributed by atoms with Crippen molar-refractivity contribution in [2.75, 3.05) is 17.7 Å². The van der Waals surface area contributed by atoms with Gasteiger partial charge in [0.05, 0.1) is 5.69 Å². The van der Waals surface area contributed by atoms with E-state index in [-0.39, 0.29) is 6.09 Å². The van der Waals surface area contributed by atoms with Gasteiger partial charge in [0.15, 0.2) is 0 Å². The van der Waals surface area contributed by atoms with E-state index in [9.17, 15) is 4.79 Å². The number of rotatable bonds is 4. The number of para-hydroxylation sites is 1. The summed E-state index contributed by atoms with van der Waals surface area (Å²) in [6.45, 7) is 8.20. The number of hydrogen-bond donors (Lipinski definition) is 0. The van der Waals surface area contributed by atoms with Gasteiger partial charge in [-0.05, 0) is 45.6 Å². The molecular formula is C15H23NO2S. The molecule has 0 atom stereocenters. The smallest absolute Gasteiger partial charge is 0.414 e. The number of hydrogen-bond acceptors (Lipinski definition) is 3. The highest BCUT2D eigenvalue weighted by Crippen LogP contribution is 2.25. The summed E-state index contributed by atoms with van der Waals surface area (Å²) < 4.78 is 5.46. The fraction of sp³-hybridized carbons (Fsp3) is 0.533. The Morgan fingerprint density at radius 2 is 1.95 bits per heavy atom. The van der Waals surface area contributed by atoms with Crippen LogP contribution in [0.15, 0.2) is 24.3 Å². The zero-order valence-electron chi connectivity index (χ0n) is 12.4. The maximum absolute atomic E-state index is 12.2. The molecular weight excluding hydrogens is 258 g/mol. The predicted molar refractivity (Wildman–Crippen MR) is 82.9 cm³/mol. The van der Waals surface area contributed by atoms with Gasteiger partial charge >= 0.3 is 6.09 Å². The second-order valence-corrected chi connectivity index (χ2v) is 6.15. The van der Waals surface area contributed by atoms with Crippen molar-refractivity contribution in [3.8, 4) is 0 Å². The summed E-state index contributed by atoms with van der Waals surface area (Å²) in [5.74, 6) is 0.884. The van der Waals surface area contributed by atoms with Crippen molar-refractivity contribution < 1.29 is 9.53 Å². The minimum Gasteiger partial charge on any atom is -0.443 e. The van der Waals surface area contributed by atoms with E-state index < -0.39 is 5.60 Å². The topological polar surface area (TPSA) is 29.5 Å². The van der Waals surface area contributed by atoms with Gasteiger partial charge in [-0.15, -0.1) is 0 Å². The Hall–Kier alpha value is -1.16. The summed E-state index contributed by atoms with van der Waals surface area (Å²) in [7, 11) is 0. The van der Waals surface area contributed by atoms with Crippen LogP contribution in [-0.2, 0) is 10.5 Å². The Labute approximate surface area is 120 Å². The first-order chi connectivity index (χ1) is 8.89. The third kappa shape index (κ3) is 4.78. The number of amides is 1. The molecule has 1 aromatic carbocycles. The van der Waals surface area contributed by atoms with Crippen molar-refractivity contribution >= 4 is 23.5 Å². The molecule has 0 saturated heterocycles. The molecule has 19 heavy (non-hydrogen) atoms. The SMILES string of the molecule is CCN(C(=O)OC(C)(C)C)c1ccccc1CSC. The minimum absolute atomic E-state index is 0.288. The average molecular weight is 281 g/mol. The van der Waals surface area contributed by atoms with Crippen LogP contribution in [0.5, 0.6) is 0 Å². The van der Waals surface area contributed by atoms with E-state index >= 15 is 0 Å². The molecule has 0 heterocycles. The Balaban J connectivity index is 3.00. The van der Waals surface area contributed by atoms with Crippen LogP contribution in [0.2, 0.25) is 0 Å². The summed E-state index contributed by atoms with van der Waals surface area (Å²) in [5.41, 5.74) is 1.62. The molecule has 1 amide bonds. The first-order valence-electron chi connectivity index (χ1n) is 6.46. The van der Waals surface area contributed by atoms with E-state index in [2.05, 4.69) is 12.3 Å². The second kappa shape index (κ2) is 6.85. The molecule has 4 heteroatoms. The van der Waals surface area contributed by atoms with Gasteiger partial charge in [-0.2, -0.15) is 11.8 Å². The standard InChI is InChI=1S/C15H23NO2S/c1-6-16(14(17)18-15(2,3)4)13-10-8-7-9-12(13)11-19-5/h7-10H,6,11H2,1-5H3. The Morgan fingerprint density at radius 3 is 2.47 bits per heavy atom. The maximum atomic E-state index is 12.2. The average Bonchev–Trinajstić information content (AvgIpc) is 2.30. The lowest BCUT2D eigenvalue weighted by Gasteiger charge is -2.27. The van der Waals surface area contributed by atoms with Crippen LogP contribution in [0.25, 0.3) is 0 Å². The Kier molecular flexibility index (Phi) is 5.73. The van der Waals surface area contributed by atoms with Gasteiger partial charge in [0.25, 0.3) is 0 Å². The molecule has 0 aliphatic rings. The number of thioether (sulfide) groups is 1. The zero-order chi connectivity index (χ0) is 14.5. The molecule has 0 saturated carbocycles. The molecule has 106 valence electrons. The van der Waals surface area contributed by atoms with Gasteiger partial charge < -0.3 is 4.74 Å². The maximum Gasteiger partial charge on any atom is 0.414 e. The van der Waals surface area contributed by atoms with E-state index in [1.807, 2.05) is 45.9 Å². The van der Waals surface area contributed by atoms with Crippen LogP contribution in [0.1, 0.15) is 33.3 Å². The van der Waals surface area contributed by atoms with Crippen LogP contribution in [0, 0.1) is 0 Å². The Morgan fingerprint density at radius 1 is 1.32 bits per heavy atom. The molecule has 1 rings (SSSR count). The normalized spacial score (nSPS) is 11.2. The summed E-state index contributed by atoms with van der Waals surface area (Å²) in [6.07, 6.45) is 1.77. The van der Waals surface area contributed by atoms with Crippen molar-refractivity contribution in [3.63, 3.8) is 0 Å². The van der Waals surface area contributed by atoms with Crippen molar-refractivity contribution in [2.24, 2.45) is 0 Å². The first-order valence-corrected chi connectivity index (χ1v) is 7.85. The lowest BCUT2D eigenvalue weighted by Crippen LogP contribution is -2.37. The van der Waals surface area contributed by atoms with E-state index in [1.54, 1.807) is 16.7 Å². The van der Waals surface area contributed by atoms with E-state index in [4.69, 9.17) is 4.74 Å². The minimum atomic E-state index is -0.473. The Bertz CT molecular complexity index is 426. The van der Waals surface area contributed by atoms with Gasteiger partial charge in [-0.1, -0.05) is 18.2 Å². The van der Waals surface area contributed by atoms with Gasteiger partial charge in [0, 0.05) is 12.3 Å². The fourth-order valence-electron chi connectivity index (χ4n) is 1.77. The summed E-state index contributed by atoms with van der Waals surface area (Å²) in [6, 6.07) is 7.97. The molecule has 0 bridgehead atoms. The highest BCUT2D eigenvalue weighted by molar-refractivity contribution is 7.97. The highest BCUT2D eigenvalue weighted by atomic mass is 32.2. The van der Waals surface area contributed by atoms with Gasteiger partial charge in [0.1, 0.15) is 5.60 Å². The summed E-state index contributed by atoms with van der Waals surface area (Å²) in [4.78, 5) is 13.9. The highest BCUT2D eigenvalue weighted by Gasteiger charge is 2.23. The number of carbonyl (C=O) groups is 1. The number of anilines is 1. The van der Waals surface area contributed by atoms with Gasteiger partial charge in [0.2, 0.25) is 0 Å². The second-order valence-electron chi connectivity index (χ2n) is 5.29. The monoisotopic (exact) mass is 281 g/mol. The van der Waals surface area contributed by atoms with Crippen molar-refractivity contribution in [1.29, 1.82) is 0 Å². The van der Waals surface area contributed by atoms with E-state index in [1.165, 1.54) is 0 Å². The molecule has 0 spiro atoms. The molecule has 0 radical (unpaired) electrons. The van der Waals surface area contributed by atoms with Crippen molar-refractivity contribution in [3.05, 3.63) is 29.8 Å². The largest absolute Gasteiger partial charge is 0.443 e. The predicted octanol–water partition coefficient (Wildman–Crippen LogP) is 4.31. The first kappa shape index (κ1) is 15.9. The fourth-order valence-corrected chi connectivity index (χ4v) is 2.32. The van der Waals surface area contributed by atoms with Crippen LogP contribution >= 0.6 is 11.8 Å². The molecule has 0 N–H and O–H groups in total. The third-order valence-electron chi connectivity index (χ3n) is 2.51.